The molecule has 2 aromatic rings. The highest BCUT2D eigenvalue weighted by atomic mass is 32.2. The standard InChI is InChI=1S/C13H15NO4S2/c1-18-13-5-4-12(7-10(13)9-15)20(16,17)14-8-11-3-2-6-19-11/h2-7,14-15H,8-9H2,1H3. The fraction of sp³-hybridized carbons (Fsp3) is 0.231. The predicted octanol–water partition coefficient (Wildman–Crippen LogP) is 1.73. The van der Waals surface area contributed by atoms with Gasteiger partial charge in [0.25, 0.3) is 0 Å². The van der Waals surface area contributed by atoms with Gasteiger partial charge in [-0.05, 0) is 29.6 Å². The molecule has 0 radical (unpaired) electrons. The number of nitrogens with one attached hydrogen (secondary N) is 1. The summed E-state index contributed by atoms with van der Waals surface area (Å²) < 4.78 is 31.9. The number of methoxy groups -OCH3 is 1. The van der Waals surface area contributed by atoms with Gasteiger partial charge >= 0.3 is 0 Å². The van der Waals surface area contributed by atoms with E-state index in [-0.39, 0.29) is 18.0 Å². The average Bonchev–Trinajstić information content (AvgIpc) is 2.97. The molecule has 0 fully saturated rings. The molecule has 1 aromatic heterocycles. The molecule has 20 heavy (non-hydrogen) atoms. The van der Waals surface area contributed by atoms with E-state index in [1.54, 1.807) is 0 Å². The molecule has 0 aliphatic heterocycles. The number of thiophene rings is 1. The summed E-state index contributed by atoms with van der Waals surface area (Å²) in [5.41, 5.74) is 0.437. The van der Waals surface area contributed by atoms with Crippen LogP contribution < -0.4 is 9.46 Å². The molecule has 1 heterocycles. The zero-order valence-corrected chi connectivity index (χ0v) is 12.5. The molecule has 0 amide bonds. The van der Waals surface area contributed by atoms with Crippen molar-refractivity contribution in [1.82, 2.24) is 4.72 Å². The average molecular weight is 313 g/mol. The largest absolute Gasteiger partial charge is 0.496 e. The van der Waals surface area contributed by atoms with Crippen LogP contribution in [-0.2, 0) is 23.2 Å². The van der Waals surface area contributed by atoms with E-state index in [9.17, 15) is 13.5 Å². The fourth-order valence-electron chi connectivity index (χ4n) is 1.71. The first-order valence-electron chi connectivity index (χ1n) is 5.86. The number of benzene rings is 1. The van der Waals surface area contributed by atoms with Crippen LogP contribution in [0.1, 0.15) is 10.4 Å². The van der Waals surface area contributed by atoms with Gasteiger partial charge < -0.3 is 9.84 Å². The Hall–Kier alpha value is -1.41. The van der Waals surface area contributed by atoms with Crippen LogP contribution in [0.25, 0.3) is 0 Å². The quantitative estimate of drug-likeness (QED) is 0.851. The van der Waals surface area contributed by atoms with E-state index in [2.05, 4.69) is 4.72 Å². The SMILES string of the molecule is COc1ccc(S(=O)(=O)NCc2cccs2)cc1CO. The molecule has 0 aliphatic carbocycles. The molecule has 0 saturated carbocycles. The van der Waals surface area contributed by atoms with Crippen LogP contribution in [-0.4, -0.2) is 20.6 Å². The van der Waals surface area contributed by atoms with Gasteiger partial charge in [0.2, 0.25) is 10.0 Å². The lowest BCUT2D eigenvalue weighted by molar-refractivity contribution is 0.273. The van der Waals surface area contributed by atoms with Crippen LogP contribution in [0.2, 0.25) is 0 Å². The minimum absolute atomic E-state index is 0.110. The second-order valence-electron chi connectivity index (χ2n) is 4.04. The van der Waals surface area contributed by atoms with E-state index < -0.39 is 10.0 Å². The monoisotopic (exact) mass is 313 g/mol. The molecule has 108 valence electrons. The molecule has 7 heteroatoms. The van der Waals surface area contributed by atoms with E-state index in [1.807, 2.05) is 17.5 Å². The molecule has 0 spiro atoms. The molecule has 2 N–H and O–H groups in total. The number of aliphatic hydroxyl groups excluding tert-OH is 1. The Morgan fingerprint density at radius 2 is 2.15 bits per heavy atom. The topological polar surface area (TPSA) is 75.6 Å². The number of hydrogen-bond donors (Lipinski definition) is 2. The summed E-state index contributed by atoms with van der Waals surface area (Å²) in [6.45, 7) is -0.0298. The van der Waals surface area contributed by atoms with Crippen LogP contribution in [0.15, 0.2) is 40.6 Å². The third-order valence-electron chi connectivity index (χ3n) is 2.75. The number of rotatable bonds is 6. The van der Waals surface area contributed by atoms with Crippen LogP contribution in [0, 0.1) is 0 Å². The van der Waals surface area contributed by atoms with Gasteiger partial charge in [-0.2, -0.15) is 0 Å². The number of sulfonamides is 1. The van der Waals surface area contributed by atoms with Crippen molar-refractivity contribution >= 4 is 21.4 Å². The Kier molecular flexibility index (Phi) is 4.77. The van der Waals surface area contributed by atoms with Crippen molar-refractivity contribution in [3.63, 3.8) is 0 Å². The smallest absolute Gasteiger partial charge is 0.240 e. The van der Waals surface area contributed by atoms with Gasteiger partial charge in [0.1, 0.15) is 5.75 Å². The van der Waals surface area contributed by atoms with Gasteiger partial charge in [0.05, 0.1) is 18.6 Å². The Balaban J connectivity index is 2.20. The Morgan fingerprint density at radius 1 is 1.35 bits per heavy atom. The number of aliphatic hydroxyl groups is 1. The molecule has 0 saturated heterocycles. The van der Waals surface area contributed by atoms with Crippen LogP contribution in [0.5, 0.6) is 5.75 Å². The van der Waals surface area contributed by atoms with Crippen LogP contribution in [0.3, 0.4) is 0 Å². The predicted molar refractivity (Wildman–Crippen MR) is 77.3 cm³/mol. The minimum atomic E-state index is -3.60. The summed E-state index contributed by atoms with van der Waals surface area (Å²) >= 11 is 1.49. The Morgan fingerprint density at radius 3 is 2.75 bits per heavy atom. The van der Waals surface area contributed by atoms with Gasteiger partial charge in [0, 0.05) is 17.0 Å². The molecule has 0 aliphatic rings. The maximum atomic E-state index is 12.2. The van der Waals surface area contributed by atoms with E-state index >= 15 is 0 Å². The van der Waals surface area contributed by atoms with Crippen molar-refractivity contribution in [3.05, 3.63) is 46.2 Å². The third-order valence-corrected chi connectivity index (χ3v) is 5.02. The highest BCUT2D eigenvalue weighted by Crippen LogP contribution is 2.22. The normalized spacial score (nSPS) is 11.5. The highest BCUT2D eigenvalue weighted by molar-refractivity contribution is 7.89. The van der Waals surface area contributed by atoms with Gasteiger partial charge in [-0.15, -0.1) is 11.3 Å². The van der Waals surface area contributed by atoms with E-state index in [0.717, 1.165) is 4.88 Å². The molecule has 2 rings (SSSR count). The van der Waals surface area contributed by atoms with Crippen LogP contribution in [0.4, 0.5) is 0 Å². The van der Waals surface area contributed by atoms with E-state index in [4.69, 9.17) is 4.74 Å². The molecular weight excluding hydrogens is 298 g/mol. The summed E-state index contributed by atoms with van der Waals surface area (Å²) in [4.78, 5) is 1.04. The molecule has 0 atom stereocenters. The van der Waals surface area contributed by atoms with Gasteiger partial charge in [-0.3, -0.25) is 0 Å². The van der Waals surface area contributed by atoms with E-state index in [1.165, 1.54) is 36.6 Å². The van der Waals surface area contributed by atoms with Crippen molar-refractivity contribution in [1.29, 1.82) is 0 Å². The third kappa shape index (κ3) is 3.37. The summed E-state index contributed by atoms with van der Waals surface area (Å²) in [5.74, 6) is 0.463. The zero-order chi connectivity index (χ0) is 14.6. The second-order valence-corrected chi connectivity index (χ2v) is 6.83. The summed E-state index contributed by atoms with van der Waals surface area (Å²) in [6.07, 6.45) is 0. The minimum Gasteiger partial charge on any atom is -0.496 e. The maximum absolute atomic E-state index is 12.2. The number of hydrogen-bond acceptors (Lipinski definition) is 5. The zero-order valence-electron chi connectivity index (χ0n) is 10.9. The molecule has 1 aromatic carbocycles. The fourth-order valence-corrected chi connectivity index (χ4v) is 3.50. The molecule has 0 bridgehead atoms. The summed E-state index contributed by atoms with van der Waals surface area (Å²) in [7, 11) is -2.13. The lowest BCUT2D eigenvalue weighted by atomic mass is 10.2. The first-order valence-corrected chi connectivity index (χ1v) is 8.23. The van der Waals surface area contributed by atoms with Crippen LogP contribution >= 0.6 is 11.3 Å². The summed E-state index contributed by atoms with van der Waals surface area (Å²) in [6, 6.07) is 8.13. The first-order chi connectivity index (χ1) is 9.56. The van der Waals surface area contributed by atoms with Crippen molar-refractivity contribution in [3.8, 4) is 5.75 Å². The lowest BCUT2D eigenvalue weighted by Gasteiger charge is -2.10. The lowest BCUT2D eigenvalue weighted by Crippen LogP contribution is -2.23. The van der Waals surface area contributed by atoms with Crippen molar-refractivity contribution in [2.45, 2.75) is 18.0 Å². The van der Waals surface area contributed by atoms with Crippen molar-refractivity contribution < 1.29 is 18.3 Å². The molecule has 0 unspecified atom stereocenters. The van der Waals surface area contributed by atoms with Gasteiger partial charge in [-0.1, -0.05) is 6.07 Å². The Bertz CT molecular complexity index is 666. The highest BCUT2D eigenvalue weighted by Gasteiger charge is 2.16. The Labute approximate surface area is 121 Å². The van der Waals surface area contributed by atoms with Crippen molar-refractivity contribution in [2.75, 3.05) is 7.11 Å². The first kappa shape index (κ1) is 15.0. The van der Waals surface area contributed by atoms with Crippen molar-refractivity contribution in [2.24, 2.45) is 0 Å². The maximum Gasteiger partial charge on any atom is 0.240 e. The molecular formula is C13H15NO4S2. The summed E-state index contributed by atoms with van der Waals surface area (Å²) in [5, 5.41) is 11.1. The number of ether oxygens (including phenoxy) is 1. The van der Waals surface area contributed by atoms with E-state index in [0.29, 0.717) is 11.3 Å². The van der Waals surface area contributed by atoms with Gasteiger partial charge in [0.15, 0.2) is 0 Å². The second kappa shape index (κ2) is 6.36. The van der Waals surface area contributed by atoms with Gasteiger partial charge in [-0.25, -0.2) is 13.1 Å². The molecule has 5 nitrogen and oxygen atoms in total.